The lowest BCUT2D eigenvalue weighted by molar-refractivity contribution is 0.102. The third kappa shape index (κ3) is 3.40. The first-order valence-corrected chi connectivity index (χ1v) is 9.32. The average Bonchev–Trinajstić information content (AvgIpc) is 3.14. The highest BCUT2D eigenvalue weighted by molar-refractivity contribution is 6.09. The van der Waals surface area contributed by atoms with Gasteiger partial charge in [-0.15, -0.1) is 0 Å². The van der Waals surface area contributed by atoms with E-state index in [2.05, 4.69) is 15.4 Å². The molecule has 4 aromatic rings. The summed E-state index contributed by atoms with van der Waals surface area (Å²) >= 11 is 0. The van der Waals surface area contributed by atoms with Crippen LogP contribution in [0.25, 0.3) is 16.6 Å². The van der Waals surface area contributed by atoms with Gasteiger partial charge in [-0.2, -0.15) is 5.10 Å². The van der Waals surface area contributed by atoms with Gasteiger partial charge in [0.25, 0.3) is 11.5 Å². The molecule has 2 aromatic heterocycles. The predicted octanol–water partition coefficient (Wildman–Crippen LogP) is 3.23. The lowest BCUT2D eigenvalue weighted by Crippen LogP contribution is -2.16. The molecular weight excluding hydrogens is 372 g/mol. The average molecular weight is 392 g/mol. The molecule has 0 bridgehead atoms. The van der Waals surface area contributed by atoms with Crippen molar-refractivity contribution in [2.24, 2.45) is 0 Å². The fourth-order valence-corrected chi connectivity index (χ4v) is 3.18. The highest BCUT2D eigenvalue weighted by Crippen LogP contribution is 2.30. The van der Waals surface area contributed by atoms with Crippen LogP contribution in [0.4, 0.5) is 5.69 Å². The molecule has 8 nitrogen and oxygen atoms in total. The molecule has 0 aliphatic carbocycles. The number of H-pyrrole nitrogens is 1. The van der Waals surface area contributed by atoms with Crippen LogP contribution < -0.4 is 20.3 Å². The van der Waals surface area contributed by atoms with Crippen molar-refractivity contribution in [3.05, 3.63) is 64.6 Å². The van der Waals surface area contributed by atoms with Crippen molar-refractivity contribution in [2.75, 3.05) is 18.5 Å². The summed E-state index contributed by atoms with van der Waals surface area (Å²) in [7, 11) is 0. The molecular formula is C21H20N4O4. The van der Waals surface area contributed by atoms with Crippen molar-refractivity contribution in [3.63, 3.8) is 0 Å². The summed E-state index contributed by atoms with van der Waals surface area (Å²) in [6, 6.07) is 12.3. The summed E-state index contributed by atoms with van der Waals surface area (Å²) in [4.78, 5) is 28.1. The zero-order valence-corrected chi connectivity index (χ0v) is 16.1. The minimum atomic E-state index is -0.416. The lowest BCUT2D eigenvalue weighted by atomic mass is 10.2. The number of aromatic amines is 1. The van der Waals surface area contributed by atoms with Gasteiger partial charge >= 0.3 is 0 Å². The van der Waals surface area contributed by atoms with E-state index in [4.69, 9.17) is 9.47 Å². The van der Waals surface area contributed by atoms with Crippen molar-refractivity contribution in [1.82, 2.24) is 14.6 Å². The Hall–Kier alpha value is -3.81. The van der Waals surface area contributed by atoms with Crippen molar-refractivity contribution in [2.45, 2.75) is 13.8 Å². The lowest BCUT2D eigenvalue weighted by Gasteiger charge is -2.13. The molecule has 0 fully saturated rings. The van der Waals surface area contributed by atoms with E-state index in [1.807, 2.05) is 19.9 Å². The van der Waals surface area contributed by atoms with Crippen LogP contribution in [0, 0.1) is 0 Å². The molecule has 0 radical (unpaired) electrons. The Labute approximate surface area is 166 Å². The number of aromatic nitrogens is 3. The van der Waals surface area contributed by atoms with E-state index in [9.17, 15) is 9.59 Å². The fourth-order valence-electron chi connectivity index (χ4n) is 3.18. The summed E-state index contributed by atoms with van der Waals surface area (Å²) in [5.74, 6) is 0.728. The Morgan fingerprint density at radius 1 is 1.14 bits per heavy atom. The number of fused-ring (bicyclic) bond motifs is 3. The standard InChI is InChI=1S/C21H20N4O4/c1-3-28-13-9-10-18(29-4-2)16(11-13)23-21(27)15-12-22-25-17-8-6-5-7-14(17)20(26)24-19(15)25/h5-12H,3-4H2,1-2H3,(H,23,27)(H,24,26). The number of nitrogens with one attached hydrogen (secondary N) is 2. The van der Waals surface area contributed by atoms with Crippen molar-refractivity contribution in [3.8, 4) is 11.5 Å². The number of hydrogen-bond acceptors (Lipinski definition) is 5. The molecule has 0 atom stereocenters. The molecule has 8 heteroatoms. The van der Waals surface area contributed by atoms with Gasteiger partial charge in [0.1, 0.15) is 22.7 Å². The molecule has 29 heavy (non-hydrogen) atoms. The summed E-state index contributed by atoms with van der Waals surface area (Å²) in [6.07, 6.45) is 1.43. The quantitative estimate of drug-likeness (QED) is 0.525. The molecule has 2 N–H and O–H groups in total. The molecule has 0 aliphatic heterocycles. The van der Waals surface area contributed by atoms with Crippen LogP contribution in [0.3, 0.4) is 0 Å². The first kappa shape index (κ1) is 18.5. The van der Waals surface area contributed by atoms with E-state index in [1.54, 1.807) is 40.9 Å². The molecule has 2 aromatic carbocycles. The van der Waals surface area contributed by atoms with Gasteiger partial charge in [-0.3, -0.25) is 9.59 Å². The predicted molar refractivity (Wildman–Crippen MR) is 110 cm³/mol. The maximum atomic E-state index is 13.0. The van der Waals surface area contributed by atoms with E-state index in [-0.39, 0.29) is 11.1 Å². The van der Waals surface area contributed by atoms with Crippen LogP contribution >= 0.6 is 0 Å². The number of anilines is 1. The molecule has 0 spiro atoms. The van der Waals surface area contributed by atoms with Crippen molar-refractivity contribution < 1.29 is 14.3 Å². The Bertz CT molecular complexity index is 1260. The van der Waals surface area contributed by atoms with Gasteiger partial charge in [0.2, 0.25) is 0 Å². The molecule has 0 saturated heterocycles. The molecule has 148 valence electrons. The largest absolute Gasteiger partial charge is 0.494 e. The molecule has 0 unspecified atom stereocenters. The van der Waals surface area contributed by atoms with Crippen molar-refractivity contribution >= 4 is 28.1 Å². The Morgan fingerprint density at radius 2 is 1.93 bits per heavy atom. The number of para-hydroxylation sites is 1. The van der Waals surface area contributed by atoms with Crippen LogP contribution in [-0.4, -0.2) is 33.7 Å². The van der Waals surface area contributed by atoms with Gasteiger partial charge in [0.15, 0.2) is 0 Å². The number of benzene rings is 2. The second-order valence-corrected chi connectivity index (χ2v) is 6.27. The Kier molecular flexibility index (Phi) is 4.90. The first-order valence-electron chi connectivity index (χ1n) is 9.32. The zero-order valence-electron chi connectivity index (χ0n) is 16.1. The monoisotopic (exact) mass is 392 g/mol. The first-order chi connectivity index (χ1) is 14.1. The number of hydrogen-bond donors (Lipinski definition) is 2. The Morgan fingerprint density at radius 3 is 2.72 bits per heavy atom. The summed E-state index contributed by atoms with van der Waals surface area (Å²) in [6.45, 7) is 4.70. The number of amides is 1. The van der Waals surface area contributed by atoms with Crippen molar-refractivity contribution in [1.29, 1.82) is 0 Å². The maximum Gasteiger partial charge on any atom is 0.261 e. The van der Waals surface area contributed by atoms with E-state index in [1.165, 1.54) is 6.20 Å². The summed E-state index contributed by atoms with van der Waals surface area (Å²) in [5.41, 5.74) is 1.39. The third-order valence-corrected chi connectivity index (χ3v) is 4.43. The fraction of sp³-hybridized carbons (Fsp3) is 0.190. The minimum Gasteiger partial charge on any atom is -0.494 e. The van der Waals surface area contributed by atoms with Gasteiger partial charge in [-0.25, -0.2) is 4.52 Å². The second kappa shape index (κ2) is 7.67. The normalized spacial score (nSPS) is 11.0. The zero-order chi connectivity index (χ0) is 20.4. The van der Waals surface area contributed by atoms with Crippen LogP contribution in [0.5, 0.6) is 11.5 Å². The third-order valence-electron chi connectivity index (χ3n) is 4.43. The minimum absolute atomic E-state index is 0.247. The summed E-state index contributed by atoms with van der Waals surface area (Å²) < 4.78 is 12.7. The molecule has 1 amide bonds. The maximum absolute atomic E-state index is 13.0. The number of rotatable bonds is 6. The van der Waals surface area contributed by atoms with Gasteiger partial charge in [-0.1, -0.05) is 12.1 Å². The van der Waals surface area contributed by atoms with E-state index in [0.29, 0.717) is 47.0 Å². The number of carbonyl (C=O) groups excluding carboxylic acids is 1. The van der Waals surface area contributed by atoms with Gasteiger partial charge in [0, 0.05) is 6.07 Å². The van der Waals surface area contributed by atoms with E-state index in [0.717, 1.165) is 0 Å². The van der Waals surface area contributed by atoms with Gasteiger partial charge < -0.3 is 19.8 Å². The highest BCUT2D eigenvalue weighted by Gasteiger charge is 2.18. The SMILES string of the molecule is CCOc1ccc(OCC)c(NC(=O)c2cnn3c2[nH]c(=O)c2ccccc23)c1. The molecule has 0 saturated carbocycles. The molecule has 2 heterocycles. The summed E-state index contributed by atoms with van der Waals surface area (Å²) in [5, 5.41) is 7.62. The molecule has 4 rings (SSSR count). The van der Waals surface area contributed by atoms with E-state index >= 15 is 0 Å². The number of nitrogens with zero attached hydrogens (tertiary/aromatic N) is 2. The topological polar surface area (TPSA) is 97.7 Å². The van der Waals surface area contributed by atoms with E-state index < -0.39 is 5.91 Å². The number of carbonyl (C=O) groups is 1. The van der Waals surface area contributed by atoms with Crippen LogP contribution in [0.1, 0.15) is 24.2 Å². The van der Waals surface area contributed by atoms with Crippen LogP contribution in [0.2, 0.25) is 0 Å². The number of ether oxygens (including phenoxy) is 2. The second-order valence-electron chi connectivity index (χ2n) is 6.27. The Balaban J connectivity index is 1.75. The van der Waals surface area contributed by atoms with Gasteiger partial charge in [-0.05, 0) is 38.1 Å². The van der Waals surface area contributed by atoms with Gasteiger partial charge in [0.05, 0.1) is 36.0 Å². The van der Waals surface area contributed by atoms with Crippen LogP contribution in [-0.2, 0) is 0 Å². The highest BCUT2D eigenvalue weighted by atomic mass is 16.5. The molecule has 0 aliphatic rings. The smallest absolute Gasteiger partial charge is 0.261 e. The van der Waals surface area contributed by atoms with Crippen LogP contribution in [0.15, 0.2) is 53.5 Å².